The number of carbonyl (C=O) groups excluding carboxylic acids is 1. The van der Waals surface area contributed by atoms with Gasteiger partial charge in [0.1, 0.15) is 12.6 Å². The molecule has 0 rings (SSSR count). The number of thioether (sulfide) groups is 1. The van der Waals surface area contributed by atoms with Crippen LogP contribution in [0.25, 0.3) is 0 Å². The summed E-state index contributed by atoms with van der Waals surface area (Å²) in [6.45, 7) is -1.38. The van der Waals surface area contributed by atoms with Crippen molar-refractivity contribution in [2.24, 2.45) is 0 Å². The van der Waals surface area contributed by atoms with Gasteiger partial charge in [0.15, 0.2) is 0 Å². The maximum Gasteiger partial charge on any atom is 0.411 e. The first-order valence-corrected chi connectivity index (χ1v) is 5.17. The summed E-state index contributed by atoms with van der Waals surface area (Å²) in [6.07, 6.45) is -4.18. The first-order chi connectivity index (χ1) is 7.37. The largest absolute Gasteiger partial charge is 0.480 e. The molecule has 0 aliphatic heterocycles. The lowest BCUT2D eigenvalue weighted by molar-refractivity contribution is -0.168. The van der Waals surface area contributed by atoms with Crippen LogP contribution in [0.2, 0.25) is 0 Å². The van der Waals surface area contributed by atoms with Crippen LogP contribution in [0.3, 0.4) is 0 Å². The third-order valence-electron chi connectivity index (χ3n) is 1.28. The lowest BCUT2D eigenvalue weighted by Crippen LogP contribution is -2.38. The molecule has 1 unspecified atom stereocenters. The lowest BCUT2D eigenvalue weighted by atomic mass is 10.3. The molecule has 0 saturated carbocycles. The van der Waals surface area contributed by atoms with E-state index in [1.165, 1.54) is 0 Å². The summed E-state index contributed by atoms with van der Waals surface area (Å²) in [4.78, 5) is 20.4. The zero-order valence-corrected chi connectivity index (χ0v) is 8.81. The van der Waals surface area contributed by atoms with Crippen LogP contribution in [-0.4, -0.2) is 48.0 Å². The van der Waals surface area contributed by atoms with Crippen LogP contribution in [0, 0.1) is 0 Å². The molecule has 0 aromatic rings. The van der Waals surface area contributed by atoms with Gasteiger partial charge in [0.05, 0.1) is 5.94 Å². The van der Waals surface area contributed by atoms with Gasteiger partial charge in [-0.15, -0.1) is 11.8 Å². The molecule has 0 aliphatic rings. The van der Waals surface area contributed by atoms with Gasteiger partial charge in [0, 0.05) is 5.75 Å². The second-order valence-electron chi connectivity index (χ2n) is 2.63. The van der Waals surface area contributed by atoms with E-state index in [0.29, 0.717) is 0 Å². The number of carbonyl (C=O) groups is 2. The smallest absolute Gasteiger partial charge is 0.411 e. The van der Waals surface area contributed by atoms with E-state index < -0.39 is 24.8 Å². The number of hydrogen-bond donors (Lipinski definition) is 2. The highest BCUT2D eigenvalue weighted by Gasteiger charge is 2.27. The first kappa shape index (κ1) is 15.0. The van der Waals surface area contributed by atoms with Crippen molar-refractivity contribution in [1.29, 1.82) is 0 Å². The molecule has 1 atom stereocenters. The Morgan fingerprint density at radius 1 is 1.56 bits per heavy atom. The predicted octanol–water partition coefficient (Wildman–Crippen LogP) is 0.455. The fraction of sp³-hybridized carbons (Fsp3) is 0.714. The van der Waals surface area contributed by atoms with Gasteiger partial charge < -0.3 is 15.2 Å². The van der Waals surface area contributed by atoms with Crippen LogP contribution >= 0.6 is 11.8 Å². The average molecular weight is 261 g/mol. The summed E-state index contributed by atoms with van der Waals surface area (Å²) >= 11 is 0.846. The van der Waals surface area contributed by atoms with Gasteiger partial charge in [0.25, 0.3) is 0 Å². The highest BCUT2D eigenvalue weighted by atomic mass is 32.2. The average Bonchev–Trinajstić information content (AvgIpc) is 2.13. The van der Waals surface area contributed by atoms with Crippen molar-refractivity contribution < 1.29 is 32.6 Å². The van der Waals surface area contributed by atoms with Crippen LogP contribution < -0.4 is 5.32 Å². The molecule has 0 spiro atoms. The molecule has 0 saturated heterocycles. The Hall–Kier alpha value is -0.960. The molecular formula is C7H10F3NO4S. The Morgan fingerprint density at radius 3 is 2.62 bits per heavy atom. The standard InChI is InChI=1S/C7H10F3NO4S/c8-7(9,10)2-15-4-16-1-5(6(13)14)11-3-12/h3,5H,1-2,4H2,(H,11,12)(H,13,14). The molecule has 2 N–H and O–H groups in total. The molecule has 0 aromatic heterocycles. The number of alkyl halides is 3. The van der Waals surface area contributed by atoms with Crippen LogP contribution in [0.5, 0.6) is 0 Å². The highest BCUT2D eigenvalue weighted by Crippen LogP contribution is 2.15. The Bertz CT molecular complexity index is 236. The van der Waals surface area contributed by atoms with E-state index in [2.05, 4.69) is 4.74 Å². The summed E-state index contributed by atoms with van der Waals surface area (Å²) in [5, 5.41) is 10.5. The molecule has 0 aliphatic carbocycles. The van der Waals surface area contributed by atoms with Gasteiger partial charge in [-0.05, 0) is 0 Å². The van der Waals surface area contributed by atoms with Crippen LogP contribution in [-0.2, 0) is 14.3 Å². The zero-order chi connectivity index (χ0) is 12.6. The number of aliphatic carboxylic acids is 1. The third kappa shape index (κ3) is 8.36. The SMILES string of the molecule is O=CNC(CSCOCC(F)(F)F)C(=O)O. The number of nitrogens with one attached hydrogen (secondary N) is 1. The molecule has 9 heteroatoms. The quantitative estimate of drug-likeness (QED) is 0.377. The first-order valence-electron chi connectivity index (χ1n) is 4.01. The molecule has 0 aromatic carbocycles. The fourth-order valence-corrected chi connectivity index (χ4v) is 1.43. The van der Waals surface area contributed by atoms with Crippen molar-refractivity contribution in [3.63, 3.8) is 0 Å². The predicted molar refractivity (Wildman–Crippen MR) is 50.0 cm³/mol. The number of amides is 1. The molecule has 0 fully saturated rings. The Kier molecular flexibility index (Phi) is 6.90. The summed E-state index contributed by atoms with van der Waals surface area (Å²) in [5.74, 6) is -1.61. The van der Waals surface area contributed by atoms with Crippen LogP contribution in [0.15, 0.2) is 0 Å². The van der Waals surface area contributed by atoms with Crippen molar-refractivity contribution in [2.45, 2.75) is 12.2 Å². The van der Waals surface area contributed by atoms with Crippen molar-refractivity contribution in [1.82, 2.24) is 5.32 Å². The van der Waals surface area contributed by atoms with E-state index in [-0.39, 0.29) is 18.1 Å². The third-order valence-corrected chi connectivity index (χ3v) is 2.19. The monoisotopic (exact) mass is 261 g/mol. The minimum absolute atomic E-state index is 0.0636. The normalized spacial score (nSPS) is 13.2. The van der Waals surface area contributed by atoms with E-state index in [1.54, 1.807) is 0 Å². The number of halogens is 3. The van der Waals surface area contributed by atoms with Crippen LogP contribution in [0.1, 0.15) is 0 Å². The van der Waals surface area contributed by atoms with Gasteiger partial charge in [-0.1, -0.05) is 0 Å². The second kappa shape index (κ2) is 7.34. The van der Waals surface area contributed by atoms with E-state index in [1.807, 2.05) is 5.32 Å². The Balaban J connectivity index is 3.63. The van der Waals surface area contributed by atoms with E-state index in [0.717, 1.165) is 11.8 Å². The molecule has 16 heavy (non-hydrogen) atoms. The Morgan fingerprint density at radius 2 is 2.19 bits per heavy atom. The molecule has 1 amide bonds. The maximum atomic E-state index is 11.6. The van der Waals surface area contributed by atoms with Crippen molar-refractivity contribution in [3.8, 4) is 0 Å². The summed E-state index contributed by atoms with van der Waals surface area (Å²) in [6, 6.07) is -1.13. The van der Waals surface area contributed by atoms with Gasteiger partial charge >= 0.3 is 12.1 Å². The van der Waals surface area contributed by atoms with Crippen LogP contribution in [0.4, 0.5) is 13.2 Å². The number of carboxylic acids is 1. The number of hydrogen-bond acceptors (Lipinski definition) is 4. The molecule has 0 radical (unpaired) electrons. The highest BCUT2D eigenvalue weighted by molar-refractivity contribution is 7.99. The lowest BCUT2D eigenvalue weighted by Gasteiger charge is -2.11. The van der Waals surface area contributed by atoms with Gasteiger partial charge in [0.2, 0.25) is 6.41 Å². The summed E-state index contributed by atoms with van der Waals surface area (Å²) in [5.41, 5.74) is 0. The number of carboxylic acid groups (broad SMARTS) is 1. The summed E-state index contributed by atoms with van der Waals surface area (Å²) < 4.78 is 39.0. The molecule has 0 bridgehead atoms. The van der Waals surface area contributed by atoms with Gasteiger partial charge in [-0.25, -0.2) is 4.79 Å². The molecular weight excluding hydrogens is 251 g/mol. The molecule has 0 heterocycles. The van der Waals surface area contributed by atoms with E-state index in [4.69, 9.17) is 5.11 Å². The molecule has 94 valence electrons. The van der Waals surface area contributed by atoms with E-state index >= 15 is 0 Å². The van der Waals surface area contributed by atoms with Crippen molar-refractivity contribution in [3.05, 3.63) is 0 Å². The topological polar surface area (TPSA) is 75.6 Å². The minimum Gasteiger partial charge on any atom is -0.480 e. The number of ether oxygens (including phenoxy) is 1. The molecule has 5 nitrogen and oxygen atoms in total. The van der Waals surface area contributed by atoms with Gasteiger partial charge in [-0.3, -0.25) is 4.79 Å². The summed E-state index contributed by atoms with van der Waals surface area (Å²) in [7, 11) is 0. The van der Waals surface area contributed by atoms with E-state index in [9.17, 15) is 22.8 Å². The van der Waals surface area contributed by atoms with Gasteiger partial charge in [-0.2, -0.15) is 13.2 Å². The zero-order valence-electron chi connectivity index (χ0n) is 7.99. The van der Waals surface area contributed by atoms with Crippen molar-refractivity contribution >= 4 is 24.1 Å². The minimum atomic E-state index is -4.40. The number of rotatable bonds is 8. The second-order valence-corrected chi connectivity index (χ2v) is 3.60. The van der Waals surface area contributed by atoms with Crippen molar-refractivity contribution in [2.75, 3.05) is 18.3 Å². The Labute approximate surface area is 93.3 Å². The maximum absolute atomic E-state index is 11.6. The fourth-order valence-electron chi connectivity index (χ4n) is 0.655.